The van der Waals surface area contributed by atoms with Crippen LogP contribution in [0, 0.1) is 11.8 Å². The van der Waals surface area contributed by atoms with Gasteiger partial charge in [-0.3, -0.25) is 4.79 Å². The van der Waals surface area contributed by atoms with Gasteiger partial charge < -0.3 is 9.64 Å². The Morgan fingerprint density at radius 3 is 2.71 bits per heavy atom. The first-order chi connectivity index (χ1) is 10.2. The number of halogens is 1. The lowest BCUT2D eigenvalue weighted by Gasteiger charge is -2.30. The van der Waals surface area contributed by atoms with E-state index in [-0.39, 0.29) is 9.83 Å². The van der Waals surface area contributed by atoms with Gasteiger partial charge in [-0.1, -0.05) is 34.6 Å². The van der Waals surface area contributed by atoms with Crippen LogP contribution in [0.15, 0.2) is 30.3 Å². The molecule has 0 saturated heterocycles. The van der Waals surface area contributed by atoms with Crippen LogP contribution in [0.1, 0.15) is 25.8 Å². The van der Waals surface area contributed by atoms with Crippen molar-refractivity contribution in [1.29, 1.82) is 0 Å². The number of alkyl halides is 1. The molecular weight excluding hydrogens is 377 g/mol. The van der Waals surface area contributed by atoms with E-state index in [4.69, 9.17) is 4.74 Å². The van der Waals surface area contributed by atoms with Crippen LogP contribution in [0.25, 0.3) is 5.70 Å². The van der Waals surface area contributed by atoms with Crippen LogP contribution in [0.4, 0.5) is 0 Å². The highest BCUT2D eigenvalue weighted by molar-refractivity contribution is 14.1. The molecule has 1 aromatic rings. The number of carbonyl (C=O) groups is 1. The van der Waals surface area contributed by atoms with Crippen molar-refractivity contribution in [3.63, 3.8) is 0 Å². The Labute approximate surface area is 139 Å². The predicted octanol–water partition coefficient (Wildman–Crippen LogP) is 3.49. The Kier molecular flexibility index (Phi) is 5.68. The molecular formula is C17H18INO2. The molecule has 0 bridgehead atoms. The molecule has 21 heavy (non-hydrogen) atoms. The number of carbonyl (C=O) groups excluding carboxylic acids is 1. The van der Waals surface area contributed by atoms with Gasteiger partial charge in [0.15, 0.2) is 0 Å². The maximum atomic E-state index is 12.2. The first kappa shape index (κ1) is 15.9. The summed E-state index contributed by atoms with van der Waals surface area (Å²) in [6.07, 6.45) is 2.93. The average molecular weight is 395 g/mol. The maximum Gasteiger partial charge on any atom is 0.240 e. The van der Waals surface area contributed by atoms with Crippen molar-refractivity contribution in [3.05, 3.63) is 35.9 Å². The monoisotopic (exact) mass is 395 g/mol. The van der Waals surface area contributed by atoms with Crippen LogP contribution in [-0.2, 0) is 4.79 Å². The molecule has 3 nitrogen and oxygen atoms in total. The summed E-state index contributed by atoms with van der Waals surface area (Å²) in [6, 6.07) is 7.82. The molecule has 1 atom stereocenters. The summed E-state index contributed by atoms with van der Waals surface area (Å²) in [5.74, 6) is 6.64. The minimum absolute atomic E-state index is 0.0431. The van der Waals surface area contributed by atoms with Gasteiger partial charge in [-0.2, -0.15) is 0 Å². The third-order valence-corrected chi connectivity index (χ3v) is 4.34. The molecule has 1 unspecified atom stereocenters. The Balaban J connectivity index is 2.17. The molecule has 0 radical (unpaired) electrons. The molecule has 2 rings (SSSR count). The number of rotatable bonds is 4. The number of hydrogen-bond donors (Lipinski definition) is 0. The highest BCUT2D eigenvalue weighted by Gasteiger charge is 2.27. The van der Waals surface area contributed by atoms with Gasteiger partial charge in [-0.15, -0.1) is 5.92 Å². The summed E-state index contributed by atoms with van der Waals surface area (Å²) >= 11 is 2.21. The number of benzene rings is 1. The van der Waals surface area contributed by atoms with E-state index in [1.165, 1.54) is 0 Å². The third-order valence-electron chi connectivity index (χ3n) is 3.30. The van der Waals surface area contributed by atoms with Gasteiger partial charge in [0.1, 0.15) is 12.4 Å². The summed E-state index contributed by atoms with van der Waals surface area (Å²) in [7, 11) is 0. The summed E-state index contributed by atoms with van der Waals surface area (Å²) < 4.78 is 5.55. The lowest BCUT2D eigenvalue weighted by atomic mass is 10.0. The van der Waals surface area contributed by atoms with Crippen molar-refractivity contribution in [2.24, 2.45) is 0 Å². The van der Waals surface area contributed by atoms with Crippen LogP contribution in [-0.4, -0.2) is 27.9 Å². The van der Waals surface area contributed by atoms with Crippen molar-refractivity contribution in [2.75, 3.05) is 13.2 Å². The van der Waals surface area contributed by atoms with E-state index in [9.17, 15) is 4.79 Å². The molecule has 0 aromatic heterocycles. The SMILES string of the molecule is CC#CCOc1ccc(C2=CCC(I)C(=O)N2CC)cc1. The highest BCUT2D eigenvalue weighted by atomic mass is 127. The molecule has 4 heteroatoms. The second-order valence-electron chi connectivity index (χ2n) is 4.61. The lowest BCUT2D eigenvalue weighted by Crippen LogP contribution is -2.37. The quantitative estimate of drug-likeness (QED) is 0.444. The molecule has 0 spiro atoms. The molecule has 0 fully saturated rings. The Morgan fingerprint density at radius 2 is 2.10 bits per heavy atom. The zero-order valence-corrected chi connectivity index (χ0v) is 14.4. The number of hydrogen-bond acceptors (Lipinski definition) is 2. The number of amides is 1. The molecule has 1 aromatic carbocycles. The van der Waals surface area contributed by atoms with Gasteiger partial charge in [-0.25, -0.2) is 0 Å². The number of allylic oxidation sites excluding steroid dienone is 1. The van der Waals surface area contributed by atoms with Gasteiger partial charge in [-0.05, 0) is 50.1 Å². The molecule has 0 N–H and O–H groups in total. The fourth-order valence-electron chi connectivity index (χ4n) is 2.23. The van der Waals surface area contributed by atoms with Gasteiger partial charge in [0.2, 0.25) is 5.91 Å². The maximum absolute atomic E-state index is 12.2. The summed E-state index contributed by atoms with van der Waals surface area (Å²) in [5.41, 5.74) is 2.04. The molecule has 1 amide bonds. The second kappa shape index (κ2) is 7.51. The van der Waals surface area contributed by atoms with E-state index >= 15 is 0 Å². The fraction of sp³-hybridized carbons (Fsp3) is 0.353. The lowest BCUT2D eigenvalue weighted by molar-refractivity contribution is -0.127. The van der Waals surface area contributed by atoms with Gasteiger partial charge in [0.25, 0.3) is 0 Å². The fourth-order valence-corrected chi connectivity index (χ4v) is 2.82. The third kappa shape index (κ3) is 3.79. The van der Waals surface area contributed by atoms with Crippen LogP contribution >= 0.6 is 22.6 Å². The van der Waals surface area contributed by atoms with Crippen LogP contribution in [0.2, 0.25) is 0 Å². The first-order valence-electron chi connectivity index (χ1n) is 6.95. The Bertz CT molecular complexity index is 595. The van der Waals surface area contributed by atoms with Crippen LogP contribution < -0.4 is 4.74 Å². The molecule has 0 saturated carbocycles. The number of ether oxygens (including phenoxy) is 1. The predicted molar refractivity (Wildman–Crippen MR) is 93.2 cm³/mol. The van der Waals surface area contributed by atoms with Crippen LogP contribution in [0.3, 0.4) is 0 Å². The molecule has 110 valence electrons. The van der Waals surface area contributed by atoms with Crippen molar-refractivity contribution in [1.82, 2.24) is 4.90 Å². The van der Waals surface area contributed by atoms with E-state index in [0.29, 0.717) is 13.2 Å². The molecule has 1 aliphatic heterocycles. The zero-order chi connectivity index (χ0) is 15.2. The molecule has 1 aliphatic rings. The normalized spacial score (nSPS) is 17.9. The Hall–Kier alpha value is -1.48. The van der Waals surface area contributed by atoms with Gasteiger partial charge >= 0.3 is 0 Å². The summed E-state index contributed by atoms with van der Waals surface area (Å²) in [6.45, 7) is 4.88. The zero-order valence-electron chi connectivity index (χ0n) is 12.2. The first-order valence-corrected chi connectivity index (χ1v) is 8.20. The molecule has 0 aliphatic carbocycles. The van der Waals surface area contributed by atoms with E-state index in [1.807, 2.05) is 36.1 Å². The van der Waals surface area contributed by atoms with E-state index in [2.05, 4.69) is 40.5 Å². The van der Waals surface area contributed by atoms with Crippen molar-refractivity contribution < 1.29 is 9.53 Å². The molecule has 1 heterocycles. The van der Waals surface area contributed by atoms with Crippen LogP contribution in [0.5, 0.6) is 5.75 Å². The summed E-state index contributed by atoms with van der Waals surface area (Å²) in [5, 5.41) is 0. The number of nitrogens with zero attached hydrogens (tertiary/aromatic N) is 1. The summed E-state index contributed by atoms with van der Waals surface area (Å²) in [4.78, 5) is 14.1. The van der Waals surface area contributed by atoms with E-state index in [0.717, 1.165) is 23.4 Å². The highest BCUT2D eigenvalue weighted by Crippen LogP contribution is 2.29. The topological polar surface area (TPSA) is 29.5 Å². The largest absolute Gasteiger partial charge is 0.481 e. The average Bonchev–Trinajstić information content (AvgIpc) is 2.51. The van der Waals surface area contributed by atoms with Crippen molar-refractivity contribution in [2.45, 2.75) is 24.2 Å². The van der Waals surface area contributed by atoms with E-state index in [1.54, 1.807) is 6.92 Å². The Morgan fingerprint density at radius 1 is 1.38 bits per heavy atom. The second-order valence-corrected chi connectivity index (χ2v) is 6.12. The van der Waals surface area contributed by atoms with E-state index < -0.39 is 0 Å². The van der Waals surface area contributed by atoms with Crippen molar-refractivity contribution in [3.8, 4) is 17.6 Å². The smallest absolute Gasteiger partial charge is 0.240 e. The minimum Gasteiger partial charge on any atom is -0.481 e. The standard InChI is InChI=1S/C17H18INO2/c1-3-5-12-21-14-8-6-13(7-9-14)16-11-10-15(18)17(20)19(16)4-2/h6-9,11,15H,4,10,12H2,1-2H3. The van der Waals surface area contributed by atoms with Gasteiger partial charge in [0.05, 0.1) is 3.92 Å². The van der Waals surface area contributed by atoms with Gasteiger partial charge in [0, 0.05) is 12.2 Å². The minimum atomic E-state index is 0.0431. The van der Waals surface area contributed by atoms with Crippen molar-refractivity contribution >= 4 is 34.2 Å².